The molecule has 0 aliphatic rings. The molecule has 3 rings (SSSR count). The zero-order valence-corrected chi connectivity index (χ0v) is 12.9. The second-order valence-corrected chi connectivity index (χ2v) is 6.18. The van der Waals surface area contributed by atoms with Gasteiger partial charge in [-0.2, -0.15) is 4.98 Å². The van der Waals surface area contributed by atoms with Crippen molar-refractivity contribution in [3.05, 3.63) is 40.0 Å². The summed E-state index contributed by atoms with van der Waals surface area (Å²) in [7, 11) is 1.75. The number of nitrogens with one attached hydrogen (secondary N) is 2. The zero-order valence-electron chi connectivity index (χ0n) is 11.4. The van der Waals surface area contributed by atoms with Gasteiger partial charge in [0, 0.05) is 22.6 Å². The minimum Gasteiger partial charge on any atom is -0.357 e. The van der Waals surface area contributed by atoms with E-state index in [1.165, 1.54) is 12.1 Å². The molecular formula is C14H12ClFN4S. The highest BCUT2D eigenvalue weighted by molar-refractivity contribution is 7.18. The maximum absolute atomic E-state index is 13.4. The summed E-state index contributed by atoms with van der Waals surface area (Å²) >= 11 is 7.46. The van der Waals surface area contributed by atoms with E-state index < -0.39 is 5.82 Å². The van der Waals surface area contributed by atoms with Crippen molar-refractivity contribution in [2.24, 2.45) is 0 Å². The van der Waals surface area contributed by atoms with Crippen LogP contribution in [0.4, 0.5) is 21.8 Å². The van der Waals surface area contributed by atoms with E-state index in [1.54, 1.807) is 24.5 Å². The summed E-state index contributed by atoms with van der Waals surface area (Å²) in [5.41, 5.74) is 0.547. The van der Waals surface area contributed by atoms with Crippen LogP contribution in [0.25, 0.3) is 10.2 Å². The van der Waals surface area contributed by atoms with Gasteiger partial charge in [0.1, 0.15) is 16.5 Å². The molecule has 0 radical (unpaired) electrons. The molecule has 3 aromatic rings. The van der Waals surface area contributed by atoms with Crippen molar-refractivity contribution in [3.8, 4) is 0 Å². The Labute approximate surface area is 130 Å². The van der Waals surface area contributed by atoms with E-state index in [-0.39, 0.29) is 0 Å². The molecule has 0 fully saturated rings. The number of thiophene rings is 1. The van der Waals surface area contributed by atoms with E-state index >= 15 is 0 Å². The van der Waals surface area contributed by atoms with Crippen molar-refractivity contribution in [2.75, 3.05) is 17.7 Å². The lowest BCUT2D eigenvalue weighted by atomic mass is 10.3. The monoisotopic (exact) mass is 322 g/mol. The number of hydrogen-bond donors (Lipinski definition) is 2. The van der Waals surface area contributed by atoms with E-state index in [0.717, 1.165) is 15.1 Å². The number of benzene rings is 1. The van der Waals surface area contributed by atoms with Crippen LogP contribution in [0.2, 0.25) is 5.02 Å². The molecule has 0 aliphatic heterocycles. The molecule has 0 saturated carbocycles. The Kier molecular flexibility index (Phi) is 3.65. The fourth-order valence-electron chi connectivity index (χ4n) is 2.01. The van der Waals surface area contributed by atoms with E-state index in [1.807, 2.05) is 13.0 Å². The van der Waals surface area contributed by atoms with Gasteiger partial charge in [-0.3, -0.25) is 0 Å². The Morgan fingerprint density at radius 1 is 1.19 bits per heavy atom. The summed E-state index contributed by atoms with van der Waals surface area (Å²) in [6.45, 7) is 2.01. The third kappa shape index (κ3) is 2.91. The van der Waals surface area contributed by atoms with Crippen LogP contribution >= 0.6 is 22.9 Å². The normalized spacial score (nSPS) is 10.9. The van der Waals surface area contributed by atoms with Gasteiger partial charge in [0.2, 0.25) is 5.95 Å². The van der Waals surface area contributed by atoms with Gasteiger partial charge in [0.25, 0.3) is 0 Å². The predicted octanol–water partition coefficient (Wildman–Crippen LogP) is 4.58. The molecule has 7 heteroatoms. The van der Waals surface area contributed by atoms with Gasteiger partial charge < -0.3 is 10.6 Å². The molecule has 0 amide bonds. The Morgan fingerprint density at radius 2 is 2.00 bits per heavy atom. The molecule has 0 atom stereocenters. The first kappa shape index (κ1) is 14.0. The first-order valence-corrected chi connectivity index (χ1v) is 7.43. The molecule has 108 valence electrons. The van der Waals surface area contributed by atoms with Crippen LogP contribution in [0, 0.1) is 12.7 Å². The summed E-state index contributed by atoms with van der Waals surface area (Å²) in [4.78, 5) is 10.8. The Morgan fingerprint density at radius 3 is 2.71 bits per heavy atom. The van der Waals surface area contributed by atoms with Crippen LogP contribution in [0.15, 0.2) is 24.3 Å². The van der Waals surface area contributed by atoms with E-state index in [9.17, 15) is 4.39 Å². The van der Waals surface area contributed by atoms with Crippen molar-refractivity contribution in [1.82, 2.24) is 9.97 Å². The van der Waals surface area contributed by atoms with Crippen LogP contribution in [-0.2, 0) is 0 Å². The van der Waals surface area contributed by atoms with Gasteiger partial charge in [0.15, 0.2) is 0 Å². The molecule has 0 unspecified atom stereocenters. The highest BCUT2D eigenvalue weighted by atomic mass is 35.5. The average molecular weight is 323 g/mol. The summed E-state index contributed by atoms with van der Waals surface area (Å²) in [5.74, 6) is 0.732. The SMILES string of the molecule is CNc1nc(Nc2cc(F)cc(Cl)c2)c2cc(C)sc2n1. The number of nitrogens with zero attached hydrogens (tertiary/aromatic N) is 2. The molecule has 2 N–H and O–H groups in total. The molecule has 0 saturated heterocycles. The molecule has 0 spiro atoms. The second-order valence-electron chi connectivity index (χ2n) is 4.50. The largest absolute Gasteiger partial charge is 0.357 e. The van der Waals surface area contributed by atoms with Gasteiger partial charge in [0.05, 0.1) is 5.39 Å². The standard InChI is InChI=1S/C14H12ClFN4S/c1-7-3-11-12(19-14(17-2)20-13(11)21-7)18-10-5-8(15)4-9(16)6-10/h3-6H,1-2H3,(H2,17,18,19,20). The lowest BCUT2D eigenvalue weighted by molar-refractivity contribution is 0.628. The Balaban J connectivity index is 2.10. The highest BCUT2D eigenvalue weighted by Crippen LogP contribution is 2.31. The van der Waals surface area contributed by atoms with Crippen molar-refractivity contribution in [3.63, 3.8) is 0 Å². The van der Waals surface area contributed by atoms with Crippen LogP contribution in [0.1, 0.15) is 4.88 Å². The average Bonchev–Trinajstić information content (AvgIpc) is 2.78. The van der Waals surface area contributed by atoms with Crippen LogP contribution in [0.5, 0.6) is 0 Å². The van der Waals surface area contributed by atoms with Crippen molar-refractivity contribution in [2.45, 2.75) is 6.92 Å². The summed E-state index contributed by atoms with van der Waals surface area (Å²) in [5, 5.41) is 7.26. The lowest BCUT2D eigenvalue weighted by Gasteiger charge is -2.09. The number of halogens is 2. The van der Waals surface area contributed by atoms with E-state index in [2.05, 4.69) is 20.6 Å². The topological polar surface area (TPSA) is 49.8 Å². The number of hydrogen-bond acceptors (Lipinski definition) is 5. The fourth-order valence-corrected chi connectivity index (χ4v) is 3.11. The maximum atomic E-state index is 13.4. The van der Waals surface area contributed by atoms with E-state index in [0.29, 0.717) is 22.5 Å². The van der Waals surface area contributed by atoms with Crippen LogP contribution in [0.3, 0.4) is 0 Å². The third-order valence-electron chi connectivity index (χ3n) is 2.86. The van der Waals surface area contributed by atoms with Crippen LogP contribution < -0.4 is 10.6 Å². The Hall–Kier alpha value is -1.92. The molecule has 2 heterocycles. The summed E-state index contributed by atoms with van der Waals surface area (Å²) in [6.07, 6.45) is 0. The van der Waals surface area contributed by atoms with Gasteiger partial charge in [-0.25, -0.2) is 9.37 Å². The predicted molar refractivity (Wildman–Crippen MR) is 86.4 cm³/mol. The molecule has 0 aliphatic carbocycles. The number of aromatic nitrogens is 2. The van der Waals surface area contributed by atoms with Crippen molar-refractivity contribution in [1.29, 1.82) is 0 Å². The van der Waals surface area contributed by atoms with Gasteiger partial charge in [-0.1, -0.05) is 11.6 Å². The van der Waals surface area contributed by atoms with Gasteiger partial charge >= 0.3 is 0 Å². The highest BCUT2D eigenvalue weighted by Gasteiger charge is 2.11. The van der Waals surface area contributed by atoms with Crippen molar-refractivity contribution < 1.29 is 4.39 Å². The Bertz CT molecular complexity index is 798. The molecular weight excluding hydrogens is 311 g/mol. The molecule has 1 aromatic carbocycles. The zero-order chi connectivity index (χ0) is 15.0. The second kappa shape index (κ2) is 5.46. The molecule has 4 nitrogen and oxygen atoms in total. The number of anilines is 3. The van der Waals surface area contributed by atoms with Gasteiger partial charge in [-0.15, -0.1) is 11.3 Å². The number of aryl methyl sites for hydroxylation is 1. The summed E-state index contributed by atoms with van der Waals surface area (Å²) < 4.78 is 13.4. The van der Waals surface area contributed by atoms with Crippen LogP contribution in [-0.4, -0.2) is 17.0 Å². The summed E-state index contributed by atoms with van der Waals surface area (Å²) in [6, 6.07) is 6.29. The minimum absolute atomic E-state index is 0.332. The fraction of sp³-hybridized carbons (Fsp3) is 0.143. The maximum Gasteiger partial charge on any atom is 0.225 e. The minimum atomic E-state index is -0.398. The van der Waals surface area contributed by atoms with Crippen molar-refractivity contribution >= 4 is 50.6 Å². The third-order valence-corrected chi connectivity index (χ3v) is 4.03. The molecule has 0 bridgehead atoms. The smallest absolute Gasteiger partial charge is 0.225 e. The number of fused-ring (bicyclic) bond motifs is 1. The molecule has 21 heavy (non-hydrogen) atoms. The first-order valence-electron chi connectivity index (χ1n) is 6.24. The lowest BCUT2D eigenvalue weighted by Crippen LogP contribution is -2.01. The van der Waals surface area contributed by atoms with Gasteiger partial charge in [-0.05, 0) is 31.2 Å². The quantitative estimate of drug-likeness (QED) is 0.741. The molecule has 2 aromatic heterocycles. The first-order chi connectivity index (χ1) is 10.0. The number of rotatable bonds is 3. The van der Waals surface area contributed by atoms with E-state index in [4.69, 9.17) is 11.6 Å².